The first-order chi connectivity index (χ1) is 14.0. The van der Waals surface area contributed by atoms with Crippen LogP contribution in [0.2, 0.25) is 0 Å². The van der Waals surface area contributed by atoms with Crippen molar-refractivity contribution < 1.29 is 14.3 Å². The fourth-order valence-electron chi connectivity index (χ4n) is 3.46. The minimum absolute atomic E-state index is 0.0399. The molecule has 2 amide bonds. The molecule has 2 aromatic rings. The molecule has 6 nitrogen and oxygen atoms in total. The average Bonchev–Trinajstić information content (AvgIpc) is 3.00. The summed E-state index contributed by atoms with van der Waals surface area (Å²) in [6, 6.07) is 11.4. The summed E-state index contributed by atoms with van der Waals surface area (Å²) >= 11 is 0. The number of pyridine rings is 1. The van der Waals surface area contributed by atoms with Gasteiger partial charge in [0.15, 0.2) is 6.10 Å². The summed E-state index contributed by atoms with van der Waals surface area (Å²) in [6.07, 6.45) is 3.40. The molecular formula is C23H29N3O3. The molecule has 0 saturated carbocycles. The van der Waals surface area contributed by atoms with Gasteiger partial charge in [-0.1, -0.05) is 26.0 Å². The maximum atomic E-state index is 12.9. The lowest BCUT2D eigenvalue weighted by atomic mass is 10.0. The highest BCUT2D eigenvalue weighted by Crippen LogP contribution is 2.20. The van der Waals surface area contributed by atoms with E-state index in [1.165, 1.54) is 5.56 Å². The fraction of sp³-hybridized carbons (Fsp3) is 0.435. The van der Waals surface area contributed by atoms with Crippen molar-refractivity contribution in [1.29, 1.82) is 0 Å². The second kappa shape index (κ2) is 9.54. The Morgan fingerprint density at radius 3 is 2.31 bits per heavy atom. The van der Waals surface area contributed by atoms with Gasteiger partial charge in [-0.05, 0) is 49.1 Å². The van der Waals surface area contributed by atoms with E-state index in [9.17, 15) is 9.59 Å². The van der Waals surface area contributed by atoms with Crippen molar-refractivity contribution in [2.75, 3.05) is 26.2 Å². The maximum Gasteiger partial charge on any atom is 0.263 e. The normalized spacial score (nSPS) is 15.7. The Morgan fingerprint density at radius 2 is 1.66 bits per heavy atom. The van der Waals surface area contributed by atoms with Crippen LogP contribution in [0.1, 0.15) is 49.0 Å². The van der Waals surface area contributed by atoms with Gasteiger partial charge in [-0.2, -0.15) is 0 Å². The smallest absolute Gasteiger partial charge is 0.263 e. The van der Waals surface area contributed by atoms with Crippen molar-refractivity contribution >= 4 is 11.8 Å². The zero-order valence-electron chi connectivity index (χ0n) is 17.4. The third-order valence-corrected chi connectivity index (χ3v) is 5.21. The molecule has 1 aliphatic heterocycles. The Balaban J connectivity index is 1.56. The van der Waals surface area contributed by atoms with E-state index in [0.717, 1.165) is 6.42 Å². The van der Waals surface area contributed by atoms with Crippen LogP contribution in [0, 0.1) is 0 Å². The highest BCUT2D eigenvalue weighted by Gasteiger charge is 2.26. The first-order valence-electron chi connectivity index (χ1n) is 10.2. The molecule has 1 aromatic heterocycles. The van der Waals surface area contributed by atoms with Crippen LogP contribution < -0.4 is 4.74 Å². The van der Waals surface area contributed by atoms with E-state index in [2.05, 4.69) is 18.8 Å². The molecule has 1 aromatic carbocycles. The lowest BCUT2D eigenvalue weighted by Crippen LogP contribution is -2.43. The fourth-order valence-corrected chi connectivity index (χ4v) is 3.46. The number of carbonyl (C=O) groups excluding carboxylic acids is 2. The number of benzene rings is 1. The summed E-state index contributed by atoms with van der Waals surface area (Å²) < 4.78 is 5.87. The molecule has 154 valence electrons. The van der Waals surface area contributed by atoms with Gasteiger partial charge in [0.1, 0.15) is 5.75 Å². The Hall–Kier alpha value is -2.89. The molecule has 0 aliphatic carbocycles. The number of amides is 2. The summed E-state index contributed by atoms with van der Waals surface area (Å²) in [5, 5.41) is 0. The molecular weight excluding hydrogens is 366 g/mol. The highest BCUT2D eigenvalue weighted by molar-refractivity contribution is 5.94. The number of carbonyl (C=O) groups is 2. The van der Waals surface area contributed by atoms with E-state index < -0.39 is 6.10 Å². The van der Waals surface area contributed by atoms with Crippen molar-refractivity contribution in [3.8, 4) is 5.75 Å². The Labute approximate surface area is 172 Å². The molecule has 3 rings (SSSR count). The second-order valence-corrected chi connectivity index (χ2v) is 7.70. The monoisotopic (exact) mass is 395 g/mol. The minimum atomic E-state index is -0.569. The average molecular weight is 396 g/mol. The van der Waals surface area contributed by atoms with Crippen molar-refractivity contribution in [3.63, 3.8) is 0 Å². The maximum absolute atomic E-state index is 12.9. The number of rotatable bonds is 5. The van der Waals surface area contributed by atoms with Gasteiger partial charge in [0.2, 0.25) is 0 Å². The van der Waals surface area contributed by atoms with Crippen LogP contribution in [0.4, 0.5) is 0 Å². The first-order valence-corrected chi connectivity index (χ1v) is 10.2. The van der Waals surface area contributed by atoms with E-state index in [1.54, 1.807) is 41.2 Å². The molecule has 2 heterocycles. The number of hydrogen-bond donors (Lipinski definition) is 0. The lowest BCUT2D eigenvalue weighted by molar-refractivity contribution is -0.137. The van der Waals surface area contributed by atoms with Gasteiger partial charge < -0.3 is 14.5 Å². The van der Waals surface area contributed by atoms with Gasteiger partial charge in [0.05, 0.1) is 5.56 Å². The van der Waals surface area contributed by atoms with Crippen LogP contribution in [-0.4, -0.2) is 58.9 Å². The Kier molecular flexibility index (Phi) is 6.86. The molecule has 29 heavy (non-hydrogen) atoms. The summed E-state index contributed by atoms with van der Waals surface area (Å²) in [7, 11) is 0. The molecule has 0 radical (unpaired) electrons. The van der Waals surface area contributed by atoms with Crippen molar-refractivity contribution in [3.05, 3.63) is 59.9 Å². The van der Waals surface area contributed by atoms with Gasteiger partial charge in [0.25, 0.3) is 11.8 Å². The molecule has 1 aliphatic rings. The summed E-state index contributed by atoms with van der Waals surface area (Å²) in [6.45, 7) is 8.33. The summed E-state index contributed by atoms with van der Waals surface area (Å²) in [5.41, 5.74) is 1.82. The van der Waals surface area contributed by atoms with Crippen LogP contribution >= 0.6 is 0 Å². The molecule has 0 spiro atoms. The number of aromatic nitrogens is 1. The number of ether oxygens (including phenoxy) is 1. The first kappa shape index (κ1) is 20.8. The number of nitrogens with zero attached hydrogens (tertiary/aromatic N) is 3. The van der Waals surface area contributed by atoms with E-state index in [-0.39, 0.29) is 11.8 Å². The van der Waals surface area contributed by atoms with Gasteiger partial charge >= 0.3 is 0 Å². The predicted molar refractivity (Wildman–Crippen MR) is 112 cm³/mol. The largest absolute Gasteiger partial charge is 0.481 e. The van der Waals surface area contributed by atoms with E-state index >= 15 is 0 Å². The van der Waals surface area contributed by atoms with E-state index in [4.69, 9.17) is 4.74 Å². The molecule has 1 saturated heterocycles. The third kappa shape index (κ3) is 5.34. The third-order valence-electron chi connectivity index (χ3n) is 5.21. The molecule has 0 bridgehead atoms. The topological polar surface area (TPSA) is 62.7 Å². The molecule has 1 atom stereocenters. The van der Waals surface area contributed by atoms with Crippen LogP contribution in [0.5, 0.6) is 5.75 Å². The van der Waals surface area contributed by atoms with Gasteiger partial charge in [-0.15, -0.1) is 0 Å². The summed E-state index contributed by atoms with van der Waals surface area (Å²) in [4.78, 5) is 33.1. The molecule has 1 fully saturated rings. The zero-order chi connectivity index (χ0) is 20.8. The predicted octanol–water partition coefficient (Wildman–Crippen LogP) is 3.35. The second-order valence-electron chi connectivity index (χ2n) is 7.70. The van der Waals surface area contributed by atoms with Crippen LogP contribution in [0.25, 0.3) is 0 Å². The van der Waals surface area contributed by atoms with E-state index in [1.807, 2.05) is 24.3 Å². The quantitative estimate of drug-likeness (QED) is 0.779. The Morgan fingerprint density at radius 1 is 0.966 bits per heavy atom. The van der Waals surface area contributed by atoms with Crippen molar-refractivity contribution in [2.24, 2.45) is 0 Å². The summed E-state index contributed by atoms with van der Waals surface area (Å²) in [5.74, 6) is 1.06. The van der Waals surface area contributed by atoms with Crippen LogP contribution in [0.3, 0.4) is 0 Å². The lowest BCUT2D eigenvalue weighted by Gasteiger charge is -2.25. The number of hydrogen-bond acceptors (Lipinski definition) is 4. The standard InChI is InChI=1S/C23H29N3O3/c1-17(2)19-7-9-21(10-8-19)29-18(3)22(27)25-12-5-13-26(15-14-25)23(28)20-6-4-11-24-16-20/h4,6-11,16-18H,5,12-15H2,1-3H3. The van der Waals surface area contributed by atoms with Gasteiger partial charge in [-0.3, -0.25) is 14.6 Å². The van der Waals surface area contributed by atoms with Crippen molar-refractivity contribution in [2.45, 2.75) is 39.2 Å². The van der Waals surface area contributed by atoms with Crippen LogP contribution in [-0.2, 0) is 4.79 Å². The Bertz CT molecular complexity index is 821. The minimum Gasteiger partial charge on any atom is -0.481 e. The zero-order valence-corrected chi connectivity index (χ0v) is 17.4. The van der Waals surface area contributed by atoms with Gasteiger partial charge in [-0.25, -0.2) is 0 Å². The van der Waals surface area contributed by atoms with Gasteiger partial charge in [0, 0.05) is 38.6 Å². The molecule has 1 unspecified atom stereocenters. The van der Waals surface area contributed by atoms with Crippen LogP contribution in [0.15, 0.2) is 48.8 Å². The highest BCUT2D eigenvalue weighted by atomic mass is 16.5. The van der Waals surface area contributed by atoms with Crippen molar-refractivity contribution in [1.82, 2.24) is 14.8 Å². The molecule has 0 N–H and O–H groups in total. The van der Waals surface area contributed by atoms with E-state index in [0.29, 0.717) is 43.4 Å². The molecule has 6 heteroatoms. The SMILES string of the molecule is CC(Oc1ccc(C(C)C)cc1)C(=O)N1CCCN(C(=O)c2cccnc2)CC1.